The molecule has 1 N–H and O–H groups in total. The Labute approximate surface area is 120 Å². The Kier molecular flexibility index (Phi) is 3.90. The minimum absolute atomic E-state index is 0.438. The molecule has 0 radical (unpaired) electrons. The molecule has 1 saturated carbocycles. The molecule has 0 aromatic carbocycles. The number of rotatable bonds is 3. The number of nitrogens with one attached hydrogen (secondary N) is 1. The molecule has 3 nitrogen and oxygen atoms in total. The zero-order valence-electron chi connectivity index (χ0n) is 12.0. The van der Waals surface area contributed by atoms with E-state index in [0.717, 1.165) is 0 Å². The summed E-state index contributed by atoms with van der Waals surface area (Å²) < 4.78 is 2.30. The minimum Gasteiger partial charge on any atom is -0.333 e. The van der Waals surface area contributed by atoms with Crippen molar-refractivity contribution in [2.75, 3.05) is 11.5 Å². The van der Waals surface area contributed by atoms with Crippen LogP contribution in [0.25, 0.3) is 0 Å². The predicted octanol–water partition coefficient (Wildman–Crippen LogP) is 3.10. The number of nitrogens with zero attached hydrogens (tertiary/aromatic N) is 2. The molecule has 3 atom stereocenters. The van der Waals surface area contributed by atoms with Crippen molar-refractivity contribution in [1.82, 2.24) is 14.9 Å². The molecule has 1 aliphatic heterocycles. The van der Waals surface area contributed by atoms with Gasteiger partial charge in [-0.25, -0.2) is 4.98 Å². The molecule has 3 rings (SSSR count). The van der Waals surface area contributed by atoms with Gasteiger partial charge in [-0.1, -0.05) is 13.8 Å². The fourth-order valence-corrected chi connectivity index (χ4v) is 5.05. The van der Waals surface area contributed by atoms with Gasteiger partial charge in [0.25, 0.3) is 0 Å². The molecule has 0 bridgehead atoms. The topological polar surface area (TPSA) is 29.9 Å². The van der Waals surface area contributed by atoms with E-state index in [1.165, 1.54) is 37.2 Å². The van der Waals surface area contributed by atoms with Crippen LogP contribution in [-0.4, -0.2) is 33.1 Å². The van der Waals surface area contributed by atoms with E-state index >= 15 is 0 Å². The summed E-state index contributed by atoms with van der Waals surface area (Å²) in [5.74, 6) is 2.58. The lowest BCUT2D eigenvalue weighted by molar-refractivity contribution is 0.214. The van der Waals surface area contributed by atoms with Gasteiger partial charge in [-0.05, 0) is 36.9 Å². The molecular formula is C15H25N3S. The fourth-order valence-electron chi connectivity index (χ4n) is 3.43. The molecule has 0 amide bonds. The summed E-state index contributed by atoms with van der Waals surface area (Å²) in [4.78, 5) is 4.21. The van der Waals surface area contributed by atoms with Gasteiger partial charge in [0.1, 0.15) is 0 Å². The Bertz CT molecular complexity index is 402. The van der Waals surface area contributed by atoms with Crippen LogP contribution in [0, 0.1) is 5.41 Å². The van der Waals surface area contributed by atoms with Gasteiger partial charge in [0, 0.05) is 36.3 Å². The Morgan fingerprint density at radius 1 is 1.37 bits per heavy atom. The van der Waals surface area contributed by atoms with Crippen molar-refractivity contribution in [1.29, 1.82) is 0 Å². The van der Waals surface area contributed by atoms with Crippen LogP contribution in [0.2, 0.25) is 0 Å². The third-order valence-corrected chi connectivity index (χ3v) is 5.98. The van der Waals surface area contributed by atoms with Gasteiger partial charge >= 0.3 is 0 Å². The maximum absolute atomic E-state index is 4.21. The molecule has 2 heterocycles. The summed E-state index contributed by atoms with van der Waals surface area (Å²) in [5, 5.41) is 3.98. The van der Waals surface area contributed by atoms with Crippen LogP contribution in [0.15, 0.2) is 18.7 Å². The van der Waals surface area contributed by atoms with Gasteiger partial charge in [0.2, 0.25) is 0 Å². The van der Waals surface area contributed by atoms with Crippen molar-refractivity contribution in [3.63, 3.8) is 0 Å². The molecular weight excluding hydrogens is 254 g/mol. The van der Waals surface area contributed by atoms with Crippen LogP contribution in [0.5, 0.6) is 0 Å². The molecule has 4 heteroatoms. The van der Waals surface area contributed by atoms with E-state index in [1.54, 1.807) is 0 Å². The van der Waals surface area contributed by atoms with Crippen molar-refractivity contribution in [2.45, 2.75) is 57.7 Å². The first-order chi connectivity index (χ1) is 9.17. The summed E-state index contributed by atoms with van der Waals surface area (Å²) >= 11 is 2.11. The lowest BCUT2D eigenvalue weighted by Gasteiger charge is -2.41. The van der Waals surface area contributed by atoms with E-state index in [0.29, 0.717) is 23.5 Å². The van der Waals surface area contributed by atoms with Crippen molar-refractivity contribution >= 4 is 11.8 Å². The maximum atomic E-state index is 4.21. The van der Waals surface area contributed by atoms with E-state index in [2.05, 4.69) is 46.7 Å². The highest BCUT2D eigenvalue weighted by atomic mass is 32.2. The molecule has 3 unspecified atom stereocenters. The summed E-state index contributed by atoms with van der Waals surface area (Å²) in [7, 11) is 0. The highest BCUT2D eigenvalue weighted by molar-refractivity contribution is 7.99. The van der Waals surface area contributed by atoms with Crippen LogP contribution < -0.4 is 5.32 Å². The molecule has 1 aromatic heterocycles. The summed E-state index contributed by atoms with van der Waals surface area (Å²) in [5.41, 5.74) is 0.438. The predicted molar refractivity (Wildman–Crippen MR) is 81.5 cm³/mol. The Balaban J connectivity index is 1.68. The van der Waals surface area contributed by atoms with E-state index in [-0.39, 0.29) is 0 Å². The van der Waals surface area contributed by atoms with Gasteiger partial charge in [0.15, 0.2) is 0 Å². The Morgan fingerprint density at radius 2 is 2.26 bits per heavy atom. The number of aromatic nitrogens is 2. The normalized spacial score (nSPS) is 34.5. The molecule has 1 saturated heterocycles. The second-order valence-electron chi connectivity index (χ2n) is 6.65. The second kappa shape index (κ2) is 5.49. The Hall–Kier alpha value is -0.480. The van der Waals surface area contributed by atoms with Crippen LogP contribution in [0.3, 0.4) is 0 Å². The molecule has 19 heavy (non-hydrogen) atoms. The lowest BCUT2D eigenvalue weighted by atomic mass is 9.81. The smallest absolute Gasteiger partial charge is 0.0949 e. The number of hydrogen-bond acceptors (Lipinski definition) is 3. The number of imidazole rings is 1. The van der Waals surface area contributed by atoms with Gasteiger partial charge in [-0.2, -0.15) is 11.8 Å². The maximum Gasteiger partial charge on any atom is 0.0949 e. The minimum atomic E-state index is 0.438. The van der Waals surface area contributed by atoms with Crippen LogP contribution in [0.4, 0.5) is 0 Å². The second-order valence-corrected chi connectivity index (χ2v) is 7.80. The van der Waals surface area contributed by atoms with Gasteiger partial charge in [0.05, 0.1) is 6.33 Å². The van der Waals surface area contributed by atoms with E-state index in [9.17, 15) is 0 Å². The van der Waals surface area contributed by atoms with E-state index in [1.807, 2.05) is 12.5 Å². The zero-order chi connectivity index (χ0) is 13.3. The van der Waals surface area contributed by atoms with E-state index < -0.39 is 0 Å². The fraction of sp³-hybridized carbons (Fsp3) is 0.800. The van der Waals surface area contributed by atoms with Crippen molar-refractivity contribution < 1.29 is 0 Å². The largest absolute Gasteiger partial charge is 0.333 e. The zero-order valence-corrected chi connectivity index (χ0v) is 12.8. The van der Waals surface area contributed by atoms with Crippen LogP contribution in [-0.2, 0) is 0 Å². The Morgan fingerprint density at radius 3 is 3.00 bits per heavy atom. The molecule has 0 spiro atoms. The average Bonchev–Trinajstić information content (AvgIpc) is 3.01. The lowest BCUT2D eigenvalue weighted by Crippen LogP contribution is -2.51. The standard InChI is InChI=1S/C15H25N3S/c1-15(2)6-9-19-10-14(15)17-12-4-3-5-13(12)18-8-7-16-11-18/h7-8,11-14,17H,3-6,9-10H2,1-2H3. The van der Waals surface area contributed by atoms with E-state index in [4.69, 9.17) is 0 Å². The monoisotopic (exact) mass is 279 g/mol. The first kappa shape index (κ1) is 13.5. The quantitative estimate of drug-likeness (QED) is 0.922. The van der Waals surface area contributed by atoms with Gasteiger partial charge in [-0.3, -0.25) is 0 Å². The summed E-state index contributed by atoms with van der Waals surface area (Å²) in [6.45, 7) is 4.84. The SMILES string of the molecule is CC1(C)CCSCC1NC1CCCC1n1ccnc1. The van der Waals surface area contributed by atoms with Crippen molar-refractivity contribution in [2.24, 2.45) is 5.41 Å². The van der Waals surface area contributed by atoms with Crippen LogP contribution in [0.1, 0.15) is 45.6 Å². The molecule has 106 valence electrons. The third kappa shape index (κ3) is 2.84. The van der Waals surface area contributed by atoms with Gasteiger partial charge < -0.3 is 9.88 Å². The van der Waals surface area contributed by atoms with Crippen LogP contribution >= 0.6 is 11.8 Å². The molecule has 2 aliphatic rings. The highest BCUT2D eigenvalue weighted by Crippen LogP contribution is 2.37. The average molecular weight is 279 g/mol. The first-order valence-corrected chi connectivity index (χ1v) is 8.63. The van der Waals surface area contributed by atoms with Gasteiger partial charge in [-0.15, -0.1) is 0 Å². The van der Waals surface area contributed by atoms with Crippen molar-refractivity contribution in [3.05, 3.63) is 18.7 Å². The highest BCUT2D eigenvalue weighted by Gasteiger charge is 2.37. The summed E-state index contributed by atoms with van der Waals surface area (Å²) in [6, 6.07) is 1.88. The molecule has 1 aliphatic carbocycles. The van der Waals surface area contributed by atoms with Crippen molar-refractivity contribution in [3.8, 4) is 0 Å². The molecule has 2 fully saturated rings. The molecule has 1 aromatic rings. The third-order valence-electron chi connectivity index (χ3n) is 4.92. The number of thioether (sulfide) groups is 1. The first-order valence-electron chi connectivity index (χ1n) is 7.48. The number of hydrogen-bond donors (Lipinski definition) is 1. The summed E-state index contributed by atoms with van der Waals surface area (Å²) in [6.07, 6.45) is 11.2.